The quantitative estimate of drug-likeness (QED) is 0.0456. The van der Waals surface area contributed by atoms with Crippen LogP contribution in [0.4, 0.5) is 17.1 Å². The summed E-state index contributed by atoms with van der Waals surface area (Å²) < 4.78 is 85.4. The summed E-state index contributed by atoms with van der Waals surface area (Å²) in [5, 5.41) is 0. The molecule has 0 aliphatic heterocycles. The van der Waals surface area contributed by atoms with Crippen LogP contribution in [0.5, 0.6) is 5.75 Å². The third-order valence-corrected chi connectivity index (χ3v) is 10.6. The molecule has 15 nitrogen and oxygen atoms in total. The minimum absolute atomic E-state index is 0.00529. The maximum Gasteiger partial charge on any atom is 0.339 e. The van der Waals surface area contributed by atoms with Crippen molar-refractivity contribution in [2.75, 3.05) is 13.2 Å². The van der Waals surface area contributed by atoms with Crippen LogP contribution in [0.1, 0.15) is 25.3 Å². The van der Waals surface area contributed by atoms with Crippen LogP contribution in [0, 0.1) is 42.9 Å². The summed E-state index contributed by atoms with van der Waals surface area (Å²) in [4.78, 5) is 40.1. The Morgan fingerprint density at radius 2 is 0.947 bits per heavy atom. The fourth-order valence-corrected chi connectivity index (χ4v) is 6.53. The standard InChI is InChI=1S/C15H9NO4S.C13H13NO4S.C11H9NO4S/c1-2-12-3-7-14(8-4-12)20-21(18,19)15-9-5-13(6-10-15)16-11-17;1-3-11(2)8-9-18-19(16,17)13-6-4-12(5-7-13)14-10-15;1-2-3-8-16-17(14,15)11-6-4-10(5-7-11)12-9-13/h1,3-10H;1,4-7,11H,8-9H2,2H3;1,4-7H,3,8H2. The van der Waals surface area contributed by atoms with Crippen molar-refractivity contribution >= 4 is 65.7 Å². The number of isocyanates is 3. The number of benzene rings is 4. The third-order valence-electron chi connectivity index (χ3n) is 6.69. The topological polar surface area (TPSA) is 218 Å². The first kappa shape index (κ1) is 46.4. The normalized spacial score (nSPS) is 10.9. The highest BCUT2D eigenvalue weighted by molar-refractivity contribution is 7.87. The first-order valence-electron chi connectivity index (χ1n) is 15.9. The van der Waals surface area contributed by atoms with Crippen LogP contribution in [-0.2, 0) is 53.1 Å². The molecule has 0 heterocycles. The van der Waals surface area contributed by atoms with Crippen molar-refractivity contribution in [3.05, 3.63) is 103 Å². The van der Waals surface area contributed by atoms with Gasteiger partial charge in [0.2, 0.25) is 18.2 Å². The molecule has 4 rings (SSSR count). The molecule has 57 heavy (non-hydrogen) atoms. The van der Waals surface area contributed by atoms with E-state index in [0.29, 0.717) is 29.0 Å². The second kappa shape index (κ2) is 23.2. The van der Waals surface area contributed by atoms with Gasteiger partial charge in [-0.3, -0.25) is 8.37 Å². The molecule has 0 bridgehead atoms. The molecule has 0 aliphatic rings. The highest BCUT2D eigenvalue weighted by Gasteiger charge is 2.17. The summed E-state index contributed by atoms with van der Waals surface area (Å²) in [5.41, 5.74) is 1.58. The van der Waals surface area contributed by atoms with Gasteiger partial charge in [-0.25, -0.2) is 14.4 Å². The highest BCUT2D eigenvalue weighted by atomic mass is 32.2. The van der Waals surface area contributed by atoms with Crippen LogP contribution in [0.25, 0.3) is 0 Å². The van der Waals surface area contributed by atoms with Gasteiger partial charge >= 0.3 is 10.1 Å². The van der Waals surface area contributed by atoms with Gasteiger partial charge in [0.1, 0.15) is 10.6 Å². The molecule has 0 spiro atoms. The van der Waals surface area contributed by atoms with Gasteiger partial charge in [0.05, 0.1) is 40.1 Å². The Hall–Kier alpha value is -6.73. The van der Waals surface area contributed by atoms with Gasteiger partial charge in [-0.1, -0.05) is 12.8 Å². The van der Waals surface area contributed by atoms with Crippen molar-refractivity contribution in [3.63, 3.8) is 0 Å². The SMILES string of the molecule is C#CC(C)CCOS(=O)(=O)c1ccc(N=C=O)cc1.C#CCCOS(=O)(=O)c1ccc(N=C=O)cc1.C#Cc1ccc(OS(=O)(=O)c2ccc(N=C=O)cc2)cc1. The van der Waals surface area contributed by atoms with E-state index in [1.165, 1.54) is 103 Å². The molecule has 1 unspecified atom stereocenters. The summed E-state index contributed by atoms with van der Waals surface area (Å²) in [6, 6.07) is 22.2. The van der Waals surface area contributed by atoms with Gasteiger partial charge in [-0.05, 0) is 103 Å². The lowest BCUT2D eigenvalue weighted by Gasteiger charge is -2.07. The number of rotatable bonds is 15. The van der Waals surface area contributed by atoms with Crippen LogP contribution < -0.4 is 4.18 Å². The largest absolute Gasteiger partial charge is 0.379 e. The van der Waals surface area contributed by atoms with E-state index in [1.54, 1.807) is 12.1 Å². The first-order valence-corrected chi connectivity index (χ1v) is 20.1. The van der Waals surface area contributed by atoms with E-state index in [4.69, 9.17) is 27.6 Å². The molecule has 0 fully saturated rings. The molecule has 0 aromatic heterocycles. The van der Waals surface area contributed by atoms with E-state index in [1.807, 2.05) is 6.92 Å². The van der Waals surface area contributed by atoms with E-state index in [-0.39, 0.29) is 46.0 Å². The Labute approximate surface area is 330 Å². The van der Waals surface area contributed by atoms with E-state index < -0.39 is 30.4 Å². The van der Waals surface area contributed by atoms with E-state index in [0.717, 1.165) is 0 Å². The Kier molecular flexibility index (Phi) is 18.9. The third kappa shape index (κ3) is 16.3. The van der Waals surface area contributed by atoms with Gasteiger partial charge in [-0.15, -0.1) is 31.1 Å². The van der Waals surface area contributed by atoms with Gasteiger partial charge < -0.3 is 4.18 Å². The molecule has 4 aromatic rings. The number of hydrogen-bond acceptors (Lipinski definition) is 15. The summed E-state index contributed by atoms with van der Waals surface area (Å²) >= 11 is 0. The number of hydrogen-bond donors (Lipinski definition) is 0. The second-order valence-electron chi connectivity index (χ2n) is 10.7. The fourth-order valence-electron chi connectivity index (χ4n) is 3.77. The number of carbonyl (C=O) groups excluding carboxylic acids is 3. The lowest BCUT2D eigenvalue weighted by Crippen LogP contribution is -2.09. The monoisotopic (exact) mass is 829 g/mol. The molecule has 18 heteroatoms. The molecule has 0 radical (unpaired) electrons. The molecule has 4 aromatic carbocycles. The van der Waals surface area contributed by atoms with Crippen LogP contribution >= 0.6 is 0 Å². The van der Waals surface area contributed by atoms with Crippen LogP contribution in [0.2, 0.25) is 0 Å². The van der Waals surface area contributed by atoms with E-state index in [2.05, 4.69) is 36.9 Å². The summed E-state index contributed by atoms with van der Waals surface area (Å²) in [6.45, 7) is 1.78. The lowest BCUT2D eigenvalue weighted by atomic mass is 10.1. The van der Waals surface area contributed by atoms with E-state index in [9.17, 15) is 39.6 Å². The first-order chi connectivity index (χ1) is 27.1. The minimum atomic E-state index is -3.96. The van der Waals surface area contributed by atoms with Crippen molar-refractivity contribution in [3.8, 4) is 42.8 Å². The van der Waals surface area contributed by atoms with Crippen molar-refractivity contribution in [2.45, 2.75) is 34.5 Å². The maximum atomic E-state index is 12.1. The lowest BCUT2D eigenvalue weighted by molar-refractivity contribution is 0.300. The summed E-state index contributed by atoms with van der Waals surface area (Å²) in [6.07, 6.45) is 20.1. The summed E-state index contributed by atoms with van der Waals surface area (Å²) in [5.74, 6) is 7.29. The second-order valence-corrected chi connectivity index (χ2v) is 15.4. The van der Waals surface area contributed by atoms with Gasteiger partial charge in [0, 0.05) is 17.9 Å². The van der Waals surface area contributed by atoms with Crippen LogP contribution in [0.3, 0.4) is 0 Å². The summed E-state index contributed by atoms with van der Waals surface area (Å²) in [7, 11) is -11.6. The predicted octanol–water partition coefficient (Wildman–Crippen LogP) is 5.80. The Morgan fingerprint density at radius 3 is 1.30 bits per heavy atom. The maximum absolute atomic E-state index is 12.1. The molecule has 0 aliphatic carbocycles. The van der Waals surface area contributed by atoms with Crippen molar-refractivity contribution < 1.29 is 52.2 Å². The molecule has 0 N–H and O–H groups in total. The average molecular weight is 830 g/mol. The Balaban J connectivity index is 0.000000297. The molecule has 1 atom stereocenters. The molecular weight excluding hydrogens is 799 g/mol. The smallest absolute Gasteiger partial charge is 0.339 e. The Bertz CT molecular complexity index is 2570. The average Bonchev–Trinajstić information content (AvgIpc) is 3.19. The molecular formula is C39H31N3O12S3. The van der Waals surface area contributed by atoms with Crippen molar-refractivity contribution in [2.24, 2.45) is 20.9 Å². The minimum Gasteiger partial charge on any atom is -0.379 e. The molecule has 0 amide bonds. The van der Waals surface area contributed by atoms with Gasteiger partial charge in [-0.2, -0.15) is 40.2 Å². The molecule has 0 saturated heterocycles. The zero-order chi connectivity index (χ0) is 42.3. The van der Waals surface area contributed by atoms with Gasteiger partial charge in [0.25, 0.3) is 20.2 Å². The molecule has 0 saturated carbocycles. The zero-order valence-corrected chi connectivity index (χ0v) is 32.3. The van der Waals surface area contributed by atoms with Crippen LogP contribution in [-0.4, -0.2) is 56.7 Å². The number of aliphatic imine (C=N–C) groups is 3. The predicted molar refractivity (Wildman–Crippen MR) is 207 cm³/mol. The van der Waals surface area contributed by atoms with Crippen molar-refractivity contribution in [1.29, 1.82) is 0 Å². The Morgan fingerprint density at radius 1 is 0.561 bits per heavy atom. The van der Waals surface area contributed by atoms with Crippen molar-refractivity contribution in [1.82, 2.24) is 0 Å². The van der Waals surface area contributed by atoms with Gasteiger partial charge in [0.15, 0.2) is 0 Å². The van der Waals surface area contributed by atoms with Crippen LogP contribution in [0.15, 0.2) is 127 Å². The fraction of sp³-hybridized carbons (Fsp3) is 0.154. The number of nitrogens with zero attached hydrogens (tertiary/aromatic N) is 3. The molecule has 292 valence electrons. The zero-order valence-electron chi connectivity index (χ0n) is 29.8. The highest BCUT2D eigenvalue weighted by Crippen LogP contribution is 2.22. The van der Waals surface area contributed by atoms with E-state index >= 15 is 0 Å². The number of terminal acetylenes is 3.